The quantitative estimate of drug-likeness (QED) is 0.640. The summed E-state index contributed by atoms with van der Waals surface area (Å²) in [5, 5.41) is 0. The molecule has 0 atom stereocenters. The van der Waals surface area contributed by atoms with Gasteiger partial charge in [0.15, 0.2) is 0 Å². The van der Waals surface area contributed by atoms with Crippen molar-refractivity contribution >= 4 is 12.6 Å². The Morgan fingerprint density at radius 3 is 2.18 bits per heavy atom. The molecule has 2 aromatic rings. The van der Waals surface area contributed by atoms with Crippen LogP contribution in [0.1, 0.15) is 30.5 Å². The maximum Gasteiger partial charge on any atom is 0.0159 e. The zero-order chi connectivity index (χ0) is 12.2. The molecule has 0 radical (unpaired) electrons. The monoisotopic (exact) mass is 240 g/mol. The van der Waals surface area contributed by atoms with E-state index in [9.17, 15) is 0 Å². The summed E-state index contributed by atoms with van der Waals surface area (Å²) in [4.78, 5) is 1.04. The molecule has 1 aliphatic rings. The molecule has 2 aromatic carbocycles. The van der Waals surface area contributed by atoms with Gasteiger partial charge in [-0.2, -0.15) is 0 Å². The van der Waals surface area contributed by atoms with Gasteiger partial charge < -0.3 is 0 Å². The first-order valence-corrected chi connectivity index (χ1v) is 6.40. The van der Waals surface area contributed by atoms with Crippen molar-refractivity contribution in [3.8, 4) is 11.1 Å². The lowest BCUT2D eigenvalue weighted by Gasteiger charge is -2.21. The van der Waals surface area contributed by atoms with Crippen LogP contribution in [0.5, 0.6) is 0 Å². The van der Waals surface area contributed by atoms with E-state index >= 15 is 0 Å². The Kier molecular flexibility index (Phi) is 2.18. The van der Waals surface area contributed by atoms with Gasteiger partial charge in [-0.05, 0) is 41.3 Å². The molecule has 0 heterocycles. The Hall–Kier alpha value is -1.21. The zero-order valence-corrected chi connectivity index (χ0v) is 11.3. The van der Waals surface area contributed by atoms with Crippen LogP contribution >= 0.6 is 12.6 Å². The van der Waals surface area contributed by atoms with Gasteiger partial charge in [-0.15, -0.1) is 12.6 Å². The van der Waals surface area contributed by atoms with E-state index in [-0.39, 0.29) is 5.41 Å². The second-order valence-corrected chi connectivity index (χ2v) is 5.92. The highest BCUT2D eigenvalue weighted by atomic mass is 32.1. The molecule has 1 aliphatic carbocycles. The zero-order valence-electron chi connectivity index (χ0n) is 10.4. The van der Waals surface area contributed by atoms with Gasteiger partial charge in [-0.25, -0.2) is 0 Å². The minimum Gasteiger partial charge on any atom is -0.143 e. The summed E-state index contributed by atoms with van der Waals surface area (Å²) in [6, 6.07) is 13.2. The lowest BCUT2D eigenvalue weighted by molar-refractivity contribution is 0.658. The number of hydrogen-bond acceptors (Lipinski definition) is 1. The standard InChI is InChI=1S/C16H16S/c1-10-4-6-12-13-7-5-11(17)9-15(13)16(2,3)14(12)8-10/h4-9,17H,1-3H3. The largest absolute Gasteiger partial charge is 0.143 e. The Morgan fingerprint density at radius 1 is 0.882 bits per heavy atom. The predicted molar refractivity (Wildman–Crippen MR) is 76.0 cm³/mol. The fourth-order valence-corrected chi connectivity index (χ4v) is 3.04. The lowest BCUT2D eigenvalue weighted by atomic mass is 9.82. The van der Waals surface area contributed by atoms with Crippen LogP contribution in [0.3, 0.4) is 0 Å². The van der Waals surface area contributed by atoms with Crippen molar-refractivity contribution in [2.75, 3.05) is 0 Å². The SMILES string of the molecule is Cc1ccc2c(c1)C(C)(C)c1cc(S)ccc1-2. The molecule has 0 fully saturated rings. The molecule has 0 unspecified atom stereocenters. The van der Waals surface area contributed by atoms with Gasteiger partial charge in [0.1, 0.15) is 0 Å². The van der Waals surface area contributed by atoms with Crippen LogP contribution in [-0.4, -0.2) is 0 Å². The summed E-state index contributed by atoms with van der Waals surface area (Å²) in [6.45, 7) is 6.75. The van der Waals surface area contributed by atoms with E-state index in [4.69, 9.17) is 0 Å². The van der Waals surface area contributed by atoms with E-state index in [0.717, 1.165) is 4.90 Å². The van der Waals surface area contributed by atoms with Crippen LogP contribution in [0.15, 0.2) is 41.3 Å². The van der Waals surface area contributed by atoms with Crippen molar-refractivity contribution in [3.05, 3.63) is 53.1 Å². The van der Waals surface area contributed by atoms with Crippen molar-refractivity contribution in [2.45, 2.75) is 31.1 Å². The van der Waals surface area contributed by atoms with Gasteiger partial charge in [0.05, 0.1) is 0 Å². The Bertz CT molecular complexity index is 555. The molecule has 0 aromatic heterocycles. The van der Waals surface area contributed by atoms with Gasteiger partial charge in [0, 0.05) is 10.3 Å². The summed E-state index contributed by atoms with van der Waals surface area (Å²) in [5.41, 5.74) is 6.99. The Labute approximate surface area is 108 Å². The molecule has 0 N–H and O–H groups in total. The maximum atomic E-state index is 4.46. The third-order valence-corrected chi connectivity index (χ3v) is 4.09. The summed E-state index contributed by atoms with van der Waals surface area (Å²) in [6.07, 6.45) is 0. The summed E-state index contributed by atoms with van der Waals surface area (Å²) in [5.74, 6) is 0. The van der Waals surface area contributed by atoms with Gasteiger partial charge in [0.25, 0.3) is 0 Å². The number of thiol groups is 1. The smallest absolute Gasteiger partial charge is 0.0159 e. The van der Waals surface area contributed by atoms with Crippen LogP contribution in [0, 0.1) is 6.92 Å². The van der Waals surface area contributed by atoms with Crippen LogP contribution in [0.2, 0.25) is 0 Å². The van der Waals surface area contributed by atoms with Crippen LogP contribution in [0.25, 0.3) is 11.1 Å². The molecule has 0 spiro atoms. The summed E-state index contributed by atoms with van der Waals surface area (Å²) < 4.78 is 0. The molecular weight excluding hydrogens is 224 g/mol. The topological polar surface area (TPSA) is 0 Å². The summed E-state index contributed by atoms with van der Waals surface area (Å²) in [7, 11) is 0. The number of aryl methyl sites for hydroxylation is 1. The minimum absolute atomic E-state index is 0.0927. The van der Waals surface area contributed by atoms with Crippen molar-refractivity contribution in [1.29, 1.82) is 0 Å². The predicted octanol–water partition coefficient (Wildman–Crippen LogP) is 4.59. The molecule has 0 amide bonds. The Balaban J connectivity index is 2.37. The highest BCUT2D eigenvalue weighted by molar-refractivity contribution is 7.80. The van der Waals surface area contributed by atoms with E-state index in [1.807, 2.05) is 0 Å². The van der Waals surface area contributed by atoms with E-state index in [1.54, 1.807) is 0 Å². The van der Waals surface area contributed by atoms with Gasteiger partial charge in [-0.1, -0.05) is 43.7 Å². The van der Waals surface area contributed by atoms with Gasteiger partial charge in [0.2, 0.25) is 0 Å². The number of benzene rings is 2. The maximum absolute atomic E-state index is 4.46. The molecule has 86 valence electrons. The third-order valence-electron chi connectivity index (χ3n) is 3.82. The number of rotatable bonds is 0. The molecule has 0 nitrogen and oxygen atoms in total. The van der Waals surface area contributed by atoms with Crippen LogP contribution < -0.4 is 0 Å². The van der Waals surface area contributed by atoms with E-state index in [1.165, 1.54) is 27.8 Å². The average Bonchev–Trinajstić information content (AvgIpc) is 2.49. The molecule has 0 bridgehead atoms. The molecule has 17 heavy (non-hydrogen) atoms. The number of hydrogen-bond donors (Lipinski definition) is 1. The fourth-order valence-electron chi connectivity index (χ4n) is 2.84. The molecule has 0 saturated carbocycles. The van der Waals surface area contributed by atoms with Gasteiger partial charge in [-0.3, -0.25) is 0 Å². The average molecular weight is 240 g/mol. The van der Waals surface area contributed by atoms with Crippen molar-refractivity contribution in [3.63, 3.8) is 0 Å². The molecule has 0 aliphatic heterocycles. The van der Waals surface area contributed by atoms with Crippen molar-refractivity contribution < 1.29 is 0 Å². The molecular formula is C16H16S. The first kappa shape index (κ1) is 10.9. The van der Waals surface area contributed by atoms with E-state index in [0.29, 0.717) is 0 Å². The number of fused-ring (bicyclic) bond motifs is 3. The van der Waals surface area contributed by atoms with E-state index in [2.05, 4.69) is 69.8 Å². The van der Waals surface area contributed by atoms with Crippen molar-refractivity contribution in [2.24, 2.45) is 0 Å². The highest BCUT2D eigenvalue weighted by Gasteiger charge is 2.35. The summed E-state index contributed by atoms with van der Waals surface area (Å²) >= 11 is 4.46. The van der Waals surface area contributed by atoms with Crippen molar-refractivity contribution in [1.82, 2.24) is 0 Å². The second kappa shape index (κ2) is 3.39. The van der Waals surface area contributed by atoms with Gasteiger partial charge >= 0.3 is 0 Å². The lowest BCUT2D eigenvalue weighted by Crippen LogP contribution is -2.15. The molecule has 0 saturated heterocycles. The molecule has 3 rings (SSSR count). The van der Waals surface area contributed by atoms with Crippen LogP contribution in [0.4, 0.5) is 0 Å². The van der Waals surface area contributed by atoms with E-state index < -0.39 is 0 Å². The highest BCUT2D eigenvalue weighted by Crippen LogP contribution is 2.49. The second-order valence-electron chi connectivity index (χ2n) is 5.40. The van der Waals surface area contributed by atoms with Crippen LogP contribution in [-0.2, 0) is 5.41 Å². The molecule has 1 heteroatoms. The Morgan fingerprint density at radius 2 is 1.47 bits per heavy atom. The normalized spacial score (nSPS) is 15.5. The third kappa shape index (κ3) is 1.45. The first-order chi connectivity index (χ1) is 8.00. The fraction of sp³-hybridized carbons (Fsp3) is 0.250. The minimum atomic E-state index is 0.0927. The first-order valence-electron chi connectivity index (χ1n) is 5.95.